The van der Waals surface area contributed by atoms with Crippen LogP contribution in [-0.2, 0) is 6.18 Å². The van der Waals surface area contributed by atoms with Gasteiger partial charge in [-0.1, -0.05) is 17.7 Å². The Labute approximate surface area is 138 Å². The lowest BCUT2D eigenvalue weighted by Crippen LogP contribution is -2.23. The molecule has 0 saturated carbocycles. The van der Waals surface area contributed by atoms with E-state index in [-0.39, 0.29) is 19.1 Å². The van der Waals surface area contributed by atoms with E-state index in [4.69, 9.17) is 10.5 Å². The summed E-state index contributed by atoms with van der Waals surface area (Å²) in [4.78, 5) is 4.09. The number of benzene rings is 2. The summed E-state index contributed by atoms with van der Waals surface area (Å²) in [6.07, 6.45) is -4.35. The number of aryl methyl sites for hydroxylation is 1. The summed E-state index contributed by atoms with van der Waals surface area (Å²) in [5.74, 6) is 0.595. The smallest absolute Gasteiger partial charge is 0.416 e. The number of nitrogens with two attached hydrogens (primary N) is 1. The van der Waals surface area contributed by atoms with E-state index in [0.717, 1.165) is 23.4 Å². The van der Waals surface area contributed by atoms with Crippen molar-refractivity contribution in [1.82, 2.24) is 0 Å². The van der Waals surface area contributed by atoms with Gasteiger partial charge in [0.25, 0.3) is 0 Å². The number of ether oxygens (including phenoxy) is 1. The lowest BCUT2D eigenvalue weighted by atomic mass is 10.2. The van der Waals surface area contributed by atoms with Gasteiger partial charge in [-0.15, -0.1) is 0 Å². The lowest BCUT2D eigenvalue weighted by Gasteiger charge is -2.09. The Balaban J connectivity index is 1.78. The Morgan fingerprint density at radius 2 is 1.71 bits per heavy atom. The summed E-state index contributed by atoms with van der Waals surface area (Å²) in [6.45, 7) is 2.48. The van der Waals surface area contributed by atoms with E-state index in [1.807, 2.05) is 31.2 Å². The summed E-state index contributed by atoms with van der Waals surface area (Å²) >= 11 is 0. The minimum Gasteiger partial charge on any atom is -0.492 e. The fourth-order valence-corrected chi connectivity index (χ4v) is 1.89. The fourth-order valence-electron chi connectivity index (χ4n) is 1.89. The van der Waals surface area contributed by atoms with E-state index in [1.165, 1.54) is 12.1 Å². The molecule has 0 aromatic heterocycles. The molecule has 0 saturated heterocycles. The summed E-state index contributed by atoms with van der Waals surface area (Å²) < 4.78 is 42.6. The number of nitrogens with one attached hydrogen (secondary N) is 1. The molecule has 0 unspecified atom stereocenters. The number of hydrogen-bond donors (Lipinski definition) is 2. The molecule has 0 radical (unpaired) electrons. The van der Waals surface area contributed by atoms with Crippen molar-refractivity contribution in [3.63, 3.8) is 0 Å². The predicted octanol–water partition coefficient (Wildman–Crippen LogP) is 3.82. The molecule has 2 aromatic carbocycles. The molecule has 4 nitrogen and oxygen atoms in total. The summed E-state index contributed by atoms with van der Waals surface area (Å²) in [5, 5.41) is 2.94. The van der Waals surface area contributed by atoms with Gasteiger partial charge in [-0.05, 0) is 43.3 Å². The van der Waals surface area contributed by atoms with E-state index in [0.29, 0.717) is 5.75 Å². The van der Waals surface area contributed by atoms with E-state index in [2.05, 4.69) is 10.3 Å². The fraction of sp³-hybridized carbons (Fsp3) is 0.235. The van der Waals surface area contributed by atoms with Gasteiger partial charge in [-0.3, -0.25) is 0 Å². The summed E-state index contributed by atoms with van der Waals surface area (Å²) in [5.41, 5.74) is 7.00. The number of rotatable bonds is 5. The van der Waals surface area contributed by atoms with Crippen LogP contribution in [0.4, 0.5) is 18.9 Å². The maximum atomic E-state index is 12.4. The topological polar surface area (TPSA) is 59.6 Å². The molecule has 0 aliphatic heterocycles. The standard InChI is InChI=1S/C17H18F3N3O/c1-12-2-6-14(7-3-12)23-16(21)22-10-11-24-15-8-4-13(5-9-15)17(18,19)20/h2-9H,10-11H2,1H3,(H3,21,22,23). The first-order valence-corrected chi connectivity index (χ1v) is 7.28. The van der Waals surface area contributed by atoms with Crippen molar-refractivity contribution in [2.24, 2.45) is 10.7 Å². The lowest BCUT2D eigenvalue weighted by molar-refractivity contribution is -0.137. The second kappa shape index (κ2) is 7.72. The molecule has 0 bridgehead atoms. The first kappa shape index (κ1) is 17.7. The Morgan fingerprint density at radius 1 is 1.08 bits per heavy atom. The Bertz CT molecular complexity index is 680. The largest absolute Gasteiger partial charge is 0.492 e. The molecule has 0 atom stereocenters. The van der Waals surface area contributed by atoms with Crippen LogP contribution in [0.1, 0.15) is 11.1 Å². The molecule has 0 amide bonds. The van der Waals surface area contributed by atoms with E-state index >= 15 is 0 Å². The van der Waals surface area contributed by atoms with E-state index < -0.39 is 11.7 Å². The van der Waals surface area contributed by atoms with Crippen LogP contribution in [0.15, 0.2) is 53.5 Å². The monoisotopic (exact) mass is 337 g/mol. The van der Waals surface area contributed by atoms with Gasteiger partial charge in [0.2, 0.25) is 0 Å². The van der Waals surface area contributed by atoms with Crippen LogP contribution < -0.4 is 15.8 Å². The molecular formula is C17H18F3N3O. The second-order valence-electron chi connectivity index (χ2n) is 5.13. The number of nitrogens with zero attached hydrogens (tertiary/aromatic N) is 1. The number of aliphatic imine (C=N–C) groups is 1. The number of hydrogen-bond acceptors (Lipinski definition) is 2. The minimum atomic E-state index is -4.35. The average Bonchev–Trinajstić information content (AvgIpc) is 2.53. The van der Waals surface area contributed by atoms with Crippen LogP contribution in [0.2, 0.25) is 0 Å². The molecule has 2 aromatic rings. The van der Waals surface area contributed by atoms with Gasteiger partial charge in [0.15, 0.2) is 5.96 Å². The third-order valence-corrected chi connectivity index (χ3v) is 3.15. The van der Waals surface area contributed by atoms with Crippen molar-refractivity contribution in [3.8, 4) is 5.75 Å². The molecule has 0 aliphatic carbocycles. The van der Waals surface area contributed by atoms with Crippen LogP contribution in [-0.4, -0.2) is 19.1 Å². The van der Waals surface area contributed by atoms with Crippen molar-refractivity contribution < 1.29 is 17.9 Å². The van der Waals surface area contributed by atoms with Gasteiger partial charge in [0, 0.05) is 5.69 Å². The maximum Gasteiger partial charge on any atom is 0.416 e. The quantitative estimate of drug-likeness (QED) is 0.495. The van der Waals surface area contributed by atoms with E-state index in [1.54, 1.807) is 0 Å². The molecule has 2 rings (SSSR count). The van der Waals surface area contributed by atoms with Crippen molar-refractivity contribution in [1.29, 1.82) is 0 Å². The van der Waals surface area contributed by atoms with Crippen LogP contribution in [0.3, 0.4) is 0 Å². The Kier molecular flexibility index (Phi) is 5.68. The Hall–Kier alpha value is -2.70. The van der Waals surface area contributed by atoms with Crippen molar-refractivity contribution in [3.05, 3.63) is 59.7 Å². The van der Waals surface area contributed by atoms with Gasteiger partial charge >= 0.3 is 6.18 Å². The number of alkyl halides is 3. The average molecular weight is 337 g/mol. The van der Waals surface area contributed by atoms with Gasteiger partial charge < -0.3 is 15.8 Å². The van der Waals surface area contributed by atoms with Crippen LogP contribution >= 0.6 is 0 Å². The van der Waals surface area contributed by atoms with Crippen LogP contribution in [0.25, 0.3) is 0 Å². The molecule has 24 heavy (non-hydrogen) atoms. The molecule has 0 spiro atoms. The Morgan fingerprint density at radius 3 is 2.29 bits per heavy atom. The third kappa shape index (κ3) is 5.49. The van der Waals surface area contributed by atoms with Gasteiger partial charge in [-0.2, -0.15) is 13.2 Å². The first-order valence-electron chi connectivity index (χ1n) is 7.28. The third-order valence-electron chi connectivity index (χ3n) is 3.15. The predicted molar refractivity (Wildman–Crippen MR) is 88.2 cm³/mol. The van der Waals surface area contributed by atoms with Crippen molar-refractivity contribution in [2.75, 3.05) is 18.5 Å². The molecule has 3 N–H and O–H groups in total. The first-order chi connectivity index (χ1) is 11.3. The summed E-state index contributed by atoms with van der Waals surface area (Å²) in [7, 11) is 0. The highest BCUT2D eigenvalue weighted by molar-refractivity contribution is 5.92. The van der Waals surface area contributed by atoms with Crippen LogP contribution in [0.5, 0.6) is 5.75 Å². The molecule has 128 valence electrons. The highest BCUT2D eigenvalue weighted by Crippen LogP contribution is 2.30. The SMILES string of the molecule is Cc1ccc(NC(N)=NCCOc2ccc(C(F)(F)F)cc2)cc1. The number of guanidine groups is 1. The van der Waals surface area contributed by atoms with E-state index in [9.17, 15) is 13.2 Å². The number of halogens is 3. The summed E-state index contributed by atoms with van der Waals surface area (Å²) in [6, 6.07) is 12.2. The highest BCUT2D eigenvalue weighted by Gasteiger charge is 2.29. The molecule has 7 heteroatoms. The van der Waals surface area contributed by atoms with Crippen molar-refractivity contribution >= 4 is 11.6 Å². The number of anilines is 1. The normalized spacial score (nSPS) is 12.1. The minimum absolute atomic E-state index is 0.210. The van der Waals surface area contributed by atoms with Gasteiger partial charge in [0.05, 0.1) is 12.1 Å². The maximum absolute atomic E-state index is 12.4. The second-order valence-corrected chi connectivity index (χ2v) is 5.13. The molecule has 0 aliphatic rings. The zero-order chi connectivity index (χ0) is 17.6. The highest BCUT2D eigenvalue weighted by atomic mass is 19.4. The molecular weight excluding hydrogens is 319 g/mol. The zero-order valence-electron chi connectivity index (χ0n) is 13.1. The van der Waals surface area contributed by atoms with Crippen molar-refractivity contribution in [2.45, 2.75) is 13.1 Å². The molecule has 0 fully saturated rings. The van der Waals surface area contributed by atoms with Crippen LogP contribution in [0, 0.1) is 6.92 Å². The van der Waals surface area contributed by atoms with Gasteiger partial charge in [-0.25, -0.2) is 4.99 Å². The van der Waals surface area contributed by atoms with Gasteiger partial charge in [0.1, 0.15) is 12.4 Å². The molecule has 0 heterocycles. The zero-order valence-corrected chi connectivity index (χ0v) is 13.1.